The average molecular weight is 411 g/mol. The van der Waals surface area contributed by atoms with Crippen molar-refractivity contribution in [3.63, 3.8) is 0 Å². The molecule has 2 aromatic heterocycles. The number of methoxy groups -OCH3 is 1. The number of ether oxygens (including phenoxy) is 1. The summed E-state index contributed by atoms with van der Waals surface area (Å²) in [5.74, 6) is 0.307. The lowest BCUT2D eigenvalue weighted by atomic mass is 10.2. The van der Waals surface area contributed by atoms with Gasteiger partial charge < -0.3 is 15.0 Å². The lowest BCUT2D eigenvalue weighted by molar-refractivity contribution is -0.119. The van der Waals surface area contributed by atoms with Crippen LogP contribution in [0.25, 0.3) is 10.6 Å². The van der Waals surface area contributed by atoms with E-state index in [0.29, 0.717) is 30.1 Å². The number of carbonyl (C=O) groups excluding carboxylic acids is 2. The lowest BCUT2D eigenvalue weighted by Gasteiger charge is -2.23. The van der Waals surface area contributed by atoms with Crippen LogP contribution in [-0.2, 0) is 11.8 Å². The molecule has 8 nitrogen and oxygen atoms in total. The minimum absolute atomic E-state index is 0.191. The predicted molar refractivity (Wildman–Crippen MR) is 110 cm³/mol. The summed E-state index contributed by atoms with van der Waals surface area (Å²) >= 11 is 1.39. The molecule has 0 saturated carbocycles. The highest BCUT2D eigenvalue weighted by atomic mass is 32.1. The number of benzene rings is 1. The fraction of sp³-hybridized carbons (Fsp3) is 0.300. The highest BCUT2D eigenvalue weighted by Gasteiger charge is 2.35. The van der Waals surface area contributed by atoms with Crippen molar-refractivity contribution in [2.24, 2.45) is 7.05 Å². The van der Waals surface area contributed by atoms with Crippen LogP contribution in [0.5, 0.6) is 5.75 Å². The van der Waals surface area contributed by atoms with Crippen LogP contribution in [-0.4, -0.2) is 51.2 Å². The third-order valence-electron chi connectivity index (χ3n) is 4.85. The average Bonchev–Trinajstić information content (AvgIpc) is 3.48. The zero-order valence-corrected chi connectivity index (χ0v) is 17.0. The Balaban J connectivity index is 1.46. The molecular weight excluding hydrogens is 390 g/mol. The molecule has 1 aliphatic rings. The number of nitrogens with zero attached hydrogens (tertiary/aromatic N) is 4. The monoisotopic (exact) mass is 411 g/mol. The van der Waals surface area contributed by atoms with E-state index in [1.807, 2.05) is 13.2 Å². The smallest absolute Gasteiger partial charge is 0.274 e. The molecule has 1 aliphatic heterocycles. The van der Waals surface area contributed by atoms with Crippen LogP contribution in [0.15, 0.2) is 42.0 Å². The van der Waals surface area contributed by atoms with Gasteiger partial charge in [0, 0.05) is 36.4 Å². The lowest BCUT2D eigenvalue weighted by Crippen LogP contribution is -2.43. The standard InChI is InChI=1S/C20H21N5O3S/c1-24-11-13(10-21-24)19-23-16(12-29-19)20(27)25-9-3-4-17(25)18(26)22-14-5-7-15(28-2)8-6-14/h5-8,10-12,17H,3-4,9H2,1-2H3,(H,22,26). The largest absolute Gasteiger partial charge is 0.497 e. The van der Waals surface area contributed by atoms with Crippen LogP contribution in [0.3, 0.4) is 0 Å². The van der Waals surface area contributed by atoms with Crippen molar-refractivity contribution < 1.29 is 14.3 Å². The van der Waals surface area contributed by atoms with E-state index in [0.717, 1.165) is 17.0 Å². The van der Waals surface area contributed by atoms with Gasteiger partial charge >= 0.3 is 0 Å². The minimum Gasteiger partial charge on any atom is -0.497 e. The second kappa shape index (κ2) is 8.04. The van der Waals surface area contributed by atoms with Gasteiger partial charge in [-0.1, -0.05) is 0 Å². The van der Waals surface area contributed by atoms with Crippen LogP contribution in [0.1, 0.15) is 23.3 Å². The number of carbonyl (C=O) groups is 2. The molecule has 29 heavy (non-hydrogen) atoms. The number of rotatable bonds is 5. The van der Waals surface area contributed by atoms with Crippen molar-refractivity contribution >= 4 is 28.8 Å². The quantitative estimate of drug-likeness (QED) is 0.697. The molecule has 4 rings (SSSR count). The van der Waals surface area contributed by atoms with Gasteiger partial charge in [0.1, 0.15) is 22.5 Å². The molecule has 1 atom stereocenters. The van der Waals surface area contributed by atoms with Gasteiger partial charge in [-0.3, -0.25) is 14.3 Å². The van der Waals surface area contributed by atoms with Gasteiger partial charge in [0.2, 0.25) is 5.91 Å². The maximum Gasteiger partial charge on any atom is 0.274 e. The van der Waals surface area contributed by atoms with Crippen LogP contribution in [0.4, 0.5) is 5.69 Å². The zero-order valence-electron chi connectivity index (χ0n) is 16.2. The van der Waals surface area contributed by atoms with Crippen LogP contribution in [0.2, 0.25) is 0 Å². The zero-order chi connectivity index (χ0) is 20.4. The van der Waals surface area contributed by atoms with Gasteiger partial charge in [-0.2, -0.15) is 5.10 Å². The second-order valence-electron chi connectivity index (χ2n) is 6.81. The maximum atomic E-state index is 13.0. The summed E-state index contributed by atoms with van der Waals surface area (Å²) in [4.78, 5) is 31.9. The number of anilines is 1. The summed E-state index contributed by atoms with van der Waals surface area (Å²) in [5.41, 5.74) is 1.90. The van der Waals surface area contributed by atoms with Gasteiger partial charge in [0.15, 0.2) is 0 Å². The van der Waals surface area contributed by atoms with Gasteiger partial charge in [-0.05, 0) is 37.1 Å². The molecule has 0 aliphatic carbocycles. The minimum atomic E-state index is -0.506. The van der Waals surface area contributed by atoms with Crippen LogP contribution >= 0.6 is 11.3 Å². The summed E-state index contributed by atoms with van der Waals surface area (Å²) in [7, 11) is 3.42. The Hall–Kier alpha value is -3.20. The Morgan fingerprint density at radius 1 is 1.28 bits per heavy atom. The third-order valence-corrected chi connectivity index (χ3v) is 5.74. The van der Waals surface area contributed by atoms with E-state index >= 15 is 0 Å². The molecule has 2 amide bonds. The molecule has 1 saturated heterocycles. The molecule has 9 heteroatoms. The van der Waals surface area contributed by atoms with Gasteiger partial charge in [-0.15, -0.1) is 11.3 Å². The summed E-state index contributed by atoms with van der Waals surface area (Å²) in [6.07, 6.45) is 4.99. The molecule has 0 bridgehead atoms. The molecule has 1 unspecified atom stereocenters. The SMILES string of the molecule is COc1ccc(NC(=O)C2CCCN2C(=O)c2csc(-c3cnn(C)c3)n2)cc1. The Bertz CT molecular complexity index is 1030. The number of nitrogens with one attached hydrogen (secondary N) is 1. The predicted octanol–water partition coefficient (Wildman–Crippen LogP) is 2.80. The Morgan fingerprint density at radius 2 is 2.07 bits per heavy atom. The van der Waals surface area contributed by atoms with E-state index < -0.39 is 6.04 Å². The molecule has 1 aromatic carbocycles. The summed E-state index contributed by atoms with van der Waals surface area (Å²) < 4.78 is 6.82. The first-order valence-electron chi connectivity index (χ1n) is 9.25. The van der Waals surface area contributed by atoms with Crippen molar-refractivity contribution in [1.82, 2.24) is 19.7 Å². The second-order valence-corrected chi connectivity index (χ2v) is 7.67. The van der Waals surface area contributed by atoms with Crippen molar-refractivity contribution in [1.29, 1.82) is 0 Å². The molecule has 150 valence electrons. The van der Waals surface area contributed by atoms with E-state index in [1.54, 1.807) is 52.5 Å². The molecule has 1 N–H and O–H groups in total. The van der Waals surface area contributed by atoms with E-state index in [1.165, 1.54) is 11.3 Å². The Kier molecular flexibility index (Phi) is 5.30. The Labute approximate surface area is 172 Å². The topological polar surface area (TPSA) is 89.4 Å². The molecule has 1 fully saturated rings. The van der Waals surface area contributed by atoms with Crippen LogP contribution in [0, 0.1) is 0 Å². The normalized spacial score (nSPS) is 16.1. The molecule has 3 aromatic rings. The number of aryl methyl sites for hydroxylation is 1. The first-order valence-corrected chi connectivity index (χ1v) is 10.1. The summed E-state index contributed by atoms with van der Waals surface area (Å²) in [6, 6.07) is 6.61. The van der Waals surface area contributed by atoms with E-state index in [9.17, 15) is 9.59 Å². The summed E-state index contributed by atoms with van der Waals surface area (Å²) in [6.45, 7) is 0.541. The number of amides is 2. The van der Waals surface area contributed by atoms with Gasteiger partial charge in [0.05, 0.1) is 13.3 Å². The maximum absolute atomic E-state index is 13.0. The number of likely N-dealkylation sites (tertiary alicyclic amines) is 1. The number of thiazole rings is 1. The molecule has 3 heterocycles. The van der Waals surface area contributed by atoms with Gasteiger partial charge in [0.25, 0.3) is 5.91 Å². The first kappa shape index (κ1) is 19.1. The van der Waals surface area contributed by atoms with Crippen LogP contribution < -0.4 is 10.1 Å². The highest BCUT2D eigenvalue weighted by Crippen LogP contribution is 2.26. The van der Waals surface area contributed by atoms with Gasteiger partial charge in [-0.25, -0.2) is 4.98 Å². The van der Waals surface area contributed by atoms with E-state index in [-0.39, 0.29) is 11.8 Å². The van der Waals surface area contributed by atoms with E-state index in [4.69, 9.17) is 4.74 Å². The summed E-state index contributed by atoms with van der Waals surface area (Å²) in [5, 5.41) is 9.50. The van der Waals surface area contributed by atoms with Crippen molar-refractivity contribution in [2.75, 3.05) is 19.0 Å². The van der Waals surface area contributed by atoms with E-state index in [2.05, 4.69) is 15.4 Å². The fourth-order valence-electron chi connectivity index (χ4n) is 3.37. The number of hydrogen-bond acceptors (Lipinski definition) is 6. The highest BCUT2D eigenvalue weighted by molar-refractivity contribution is 7.13. The third kappa shape index (κ3) is 4.00. The number of hydrogen-bond donors (Lipinski definition) is 1. The fourth-order valence-corrected chi connectivity index (χ4v) is 4.13. The molecule has 0 radical (unpaired) electrons. The molecule has 0 spiro atoms. The Morgan fingerprint density at radius 3 is 2.76 bits per heavy atom. The van der Waals surface area contributed by atoms with Crippen molar-refractivity contribution in [2.45, 2.75) is 18.9 Å². The molecular formula is C20H21N5O3S. The van der Waals surface area contributed by atoms with Crippen molar-refractivity contribution in [3.8, 4) is 16.3 Å². The van der Waals surface area contributed by atoms with Crippen molar-refractivity contribution in [3.05, 3.63) is 47.7 Å². The number of aromatic nitrogens is 3. The first-order chi connectivity index (χ1) is 14.0.